The number of rotatable bonds is 6. The summed E-state index contributed by atoms with van der Waals surface area (Å²) in [6.45, 7) is 5.47. The minimum atomic E-state index is -4.56. The molecule has 1 unspecified atom stereocenters. The minimum Gasteiger partial charge on any atom is -0.465 e. The van der Waals surface area contributed by atoms with Crippen molar-refractivity contribution < 1.29 is 27.1 Å². The van der Waals surface area contributed by atoms with Crippen molar-refractivity contribution in [3.63, 3.8) is 0 Å². The molecule has 1 atom stereocenters. The molecule has 3 rings (SSSR count). The highest BCUT2D eigenvalue weighted by atomic mass is 32.2. The highest BCUT2D eigenvalue weighted by Crippen LogP contribution is 2.31. The summed E-state index contributed by atoms with van der Waals surface area (Å²) >= 11 is 0. The summed E-state index contributed by atoms with van der Waals surface area (Å²) in [5, 5.41) is 21.1. The molecule has 2 heterocycles. The van der Waals surface area contributed by atoms with Gasteiger partial charge in [0.05, 0.1) is 5.69 Å². The second-order valence-electron chi connectivity index (χ2n) is 8.69. The molecular formula is C23H22F2N4O4S. The molecule has 0 saturated heterocycles. The Morgan fingerprint density at radius 3 is 2.56 bits per heavy atom. The molecule has 0 fully saturated rings. The normalized spacial score (nSPS) is 12.7. The maximum Gasteiger partial charge on any atom is 0.404 e. The van der Waals surface area contributed by atoms with Crippen molar-refractivity contribution in [3.8, 4) is 17.3 Å². The van der Waals surface area contributed by atoms with E-state index in [4.69, 9.17) is 0 Å². The van der Waals surface area contributed by atoms with Gasteiger partial charge in [0.2, 0.25) is 0 Å². The van der Waals surface area contributed by atoms with Gasteiger partial charge in [0.25, 0.3) is 10.0 Å². The van der Waals surface area contributed by atoms with E-state index in [9.17, 15) is 32.4 Å². The van der Waals surface area contributed by atoms with E-state index in [-0.39, 0.29) is 23.4 Å². The lowest BCUT2D eigenvalue weighted by molar-refractivity contribution is 0.174. The van der Waals surface area contributed by atoms with Crippen LogP contribution in [0.2, 0.25) is 0 Å². The maximum absolute atomic E-state index is 14.5. The first-order valence-corrected chi connectivity index (χ1v) is 11.6. The average molecular weight is 489 g/mol. The summed E-state index contributed by atoms with van der Waals surface area (Å²) < 4.78 is 55.5. The first-order chi connectivity index (χ1) is 15.8. The quantitative estimate of drug-likeness (QED) is 0.537. The summed E-state index contributed by atoms with van der Waals surface area (Å²) in [7, 11) is -4.56. The summed E-state index contributed by atoms with van der Waals surface area (Å²) in [5.74, 6) is -2.20. The summed E-state index contributed by atoms with van der Waals surface area (Å²) in [6, 6.07) is 7.92. The van der Waals surface area contributed by atoms with Crippen LogP contribution in [0.15, 0.2) is 53.7 Å². The Bertz CT molecular complexity index is 1390. The van der Waals surface area contributed by atoms with Crippen LogP contribution < -0.4 is 5.32 Å². The predicted molar refractivity (Wildman–Crippen MR) is 119 cm³/mol. The van der Waals surface area contributed by atoms with Gasteiger partial charge in [-0.15, -0.1) is 0 Å². The largest absolute Gasteiger partial charge is 0.465 e. The van der Waals surface area contributed by atoms with E-state index < -0.39 is 44.1 Å². The highest BCUT2D eigenvalue weighted by molar-refractivity contribution is 7.90. The number of carbonyl (C=O) groups is 1. The monoisotopic (exact) mass is 488 g/mol. The number of aromatic nitrogens is 2. The van der Waals surface area contributed by atoms with Crippen LogP contribution in [0.5, 0.6) is 0 Å². The van der Waals surface area contributed by atoms with Crippen molar-refractivity contribution in [2.45, 2.75) is 38.1 Å². The molecule has 3 aromatic rings. The molecule has 0 radical (unpaired) electrons. The van der Waals surface area contributed by atoms with Crippen molar-refractivity contribution in [2.24, 2.45) is 5.41 Å². The number of amides is 1. The third kappa shape index (κ3) is 5.07. The number of hydrogen-bond donors (Lipinski definition) is 2. The Balaban J connectivity index is 2.23. The van der Waals surface area contributed by atoms with Gasteiger partial charge in [-0.05, 0) is 47.7 Å². The van der Waals surface area contributed by atoms with Crippen LogP contribution in [0.4, 0.5) is 13.6 Å². The van der Waals surface area contributed by atoms with Gasteiger partial charge in [-0.2, -0.15) is 5.26 Å². The van der Waals surface area contributed by atoms with Gasteiger partial charge in [0, 0.05) is 30.1 Å². The molecule has 11 heteroatoms. The SMILES string of the molecule is CC(C)(C)C(Cc1cc(-c2cccnc2C#N)n(S(=O)(=O)c2ccc(F)cc2F)c1)NC(=O)O. The predicted octanol–water partition coefficient (Wildman–Crippen LogP) is 4.16. The summed E-state index contributed by atoms with van der Waals surface area (Å²) in [5.41, 5.74) is 0.0586. The second-order valence-corrected chi connectivity index (χ2v) is 10.5. The maximum atomic E-state index is 14.5. The van der Waals surface area contributed by atoms with Crippen molar-refractivity contribution >= 4 is 16.1 Å². The highest BCUT2D eigenvalue weighted by Gasteiger charge is 2.30. The molecule has 0 saturated carbocycles. The molecule has 0 aliphatic rings. The Hall–Kier alpha value is -3.78. The lowest BCUT2D eigenvalue weighted by Gasteiger charge is -2.30. The van der Waals surface area contributed by atoms with Crippen molar-refractivity contribution in [3.05, 3.63) is 71.7 Å². The first kappa shape index (κ1) is 24.9. The molecule has 178 valence electrons. The van der Waals surface area contributed by atoms with Crippen LogP contribution in [0, 0.1) is 28.4 Å². The molecular weight excluding hydrogens is 466 g/mol. The zero-order chi connectivity index (χ0) is 25.3. The van der Waals surface area contributed by atoms with E-state index >= 15 is 0 Å². The molecule has 0 spiro atoms. The van der Waals surface area contributed by atoms with Crippen LogP contribution in [0.25, 0.3) is 11.3 Å². The number of hydrogen-bond acceptors (Lipinski definition) is 5. The van der Waals surface area contributed by atoms with E-state index in [1.807, 2.05) is 26.8 Å². The Labute approximate surface area is 195 Å². The van der Waals surface area contributed by atoms with E-state index in [2.05, 4.69) is 10.3 Å². The molecule has 0 bridgehead atoms. The number of nitrogens with zero attached hydrogens (tertiary/aromatic N) is 3. The third-order valence-electron chi connectivity index (χ3n) is 5.25. The number of nitrogens with one attached hydrogen (secondary N) is 1. The van der Waals surface area contributed by atoms with Crippen molar-refractivity contribution in [1.82, 2.24) is 14.3 Å². The zero-order valence-electron chi connectivity index (χ0n) is 18.6. The number of nitriles is 1. The fraction of sp³-hybridized carbons (Fsp3) is 0.261. The molecule has 1 amide bonds. The van der Waals surface area contributed by atoms with E-state index in [0.29, 0.717) is 11.6 Å². The number of benzene rings is 1. The summed E-state index contributed by atoms with van der Waals surface area (Å²) in [4.78, 5) is 14.5. The van der Waals surface area contributed by atoms with E-state index in [1.165, 1.54) is 30.6 Å². The van der Waals surface area contributed by atoms with E-state index in [1.54, 1.807) is 0 Å². The third-order valence-corrected chi connectivity index (χ3v) is 6.95. The molecule has 0 aliphatic heterocycles. The lowest BCUT2D eigenvalue weighted by Crippen LogP contribution is -2.44. The van der Waals surface area contributed by atoms with Gasteiger partial charge in [0.1, 0.15) is 28.3 Å². The van der Waals surface area contributed by atoms with Crippen LogP contribution >= 0.6 is 0 Å². The fourth-order valence-corrected chi connectivity index (χ4v) is 4.89. The molecule has 8 nitrogen and oxygen atoms in total. The average Bonchev–Trinajstić information content (AvgIpc) is 3.16. The molecule has 2 aromatic heterocycles. The number of pyridine rings is 1. The van der Waals surface area contributed by atoms with Crippen LogP contribution in [-0.4, -0.2) is 34.6 Å². The van der Waals surface area contributed by atoms with Crippen LogP contribution in [0.3, 0.4) is 0 Å². The molecule has 2 N–H and O–H groups in total. The molecule has 0 aliphatic carbocycles. The second kappa shape index (κ2) is 9.23. The minimum absolute atomic E-state index is 0.0337. The van der Waals surface area contributed by atoms with Crippen LogP contribution in [-0.2, 0) is 16.4 Å². The topological polar surface area (TPSA) is 125 Å². The van der Waals surface area contributed by atoms with Gasteiger partial charge in [-0.3, -0.25) is 0 Å². The summed E-state index contributed by atoms with van der Waals surface area (Å²) in [6.07, 6.45) is 1.49. The van der Waals surface area contributed by atoms with Gasteiger partial charge in [0.15, 0.2) is 0 Å². The Kier molecular flexibility index (Phi) is 6.74. The van der Waals surface area contributed by atoms with Crippen LogP contribution in [0.1, 0.15) is 32.0 Å². The van der Waals surface area contributed by atoms with Gasteiger partial charge >= 0.3 is 6.09 Å². The number of carboxylic acid groups (broad SMARTS) is 1. The molecule has 1 aromatic carbocycles. The number of halogens is 2. The van der Waals surface area contributed by atoms with Crippen molar-refractivity contribution in [1.29, 1.82) is 5.26 Å². The van der Waals surface area contributed by atoms with Gasteiger partial charge < -0.3 is 10.4 Å². The smallest absolute Gasteiger partial charge is 0.404 e. The zero-order valence-corrected chi connectivity index (χ0v) is 19.4. The standard InChI is InChI=1S/C23H22F2N4O4S/c1-23(2,3)21(28-22(30)31)10-14-9-19(16-5-4-8-27-18(16)12-26)29(13-14)34(32,33)20-7-6-15(24)11-17(20)25/h4-9,11,13,21,28H,10H2,1-3H3,(H,30,31). The van der Waals surface area contributed by atoms with E-state index in [0.717, 1.165) is 16.1 Å². The lowest BCUT2D eigenvalue weighted by atomic mass is 9.83. The fourth-order valence-electron chi connectivity index (χ4n) is 3.45. The van der Waals surface area contributed by atoms with Crippen molar-refractivity contribution in [2.75, 3.05) is 0 Å². The molecule has 34 heavy (non-hydrogen) atoms. The van der Waals surface area contributed by atoms with Gasteiger partial charge in [-0.1, -0.05) is 20.8 Å². The Morgan fingerprint density at radius 2 is 1.97 bits per heavy atom. The first-order valence-electron chi connectivity index (χ1n) is 10.1. The van der Waals surface area contributed by atoms with Gasteiger partial charge in [-0.25, -0.2) is 30.9 Å². The Morgan fingerprint density at radius 1 is 1.26 bits per heavy atom.